The van der Waals surface area contributed by atoms with Gasteiger partial charge in [0.25, 0.3) is 11.8 Å². The molecule has 1 heterocycles. The fraction of sp³-hybridized carbons (Fsp3) is 0.429. The van der Waals surface area contributed by atoms with E-state index in [0.717, 1.165) is 0 Å². The van der Waals surface area contributed by atoms with Crippen LogP contribution in [-0.2, 0) is 0 Å². The normalized spacial score (nSPS) is 20.1. The monoisotopic (exact) mass is 420 g/mol. The van der Waals surface area contributed by atoms with E-state index in [4.69, 9.17) is 16.0 Å². The third-order valence-corrected chi connectivity index (χ3v) is 5.47. The molecule has 8 heteroatoms. The lowest BCUT2D eigenvalue weighted by molar-refractivity contribution is 0.0864. The molecule has 0 radical (unpaired) electrons. The van der Waals surface area contributed by atoms with Gasteiger partial charge in [0.2, 0.25) is 0 Å². The molecule has 1 atom stereocenters. The molecule has 3 rings (SSSR count). The summed E-state index contributed by atoms with van der Waals surface area (Å²) in [5.74, 6) is -1.29. The quantitative estimate of drug-likeness (QED) is 0.573. The number of carbonyl (C=O) groups is 2. The summed E-state index contributed by atoms with van der Waals surface area (Å²) in [5.41, 5.74) is 0.876. The lowest BCUT2D eigenvalue weighted by Crippen LogP contribution is -2.38. The fourth-order valence-electron chi connectivity index (χ4n) is 3.62. The van der Waals surface area contributed by atoms with Crippen molar-refractivity contribution < 1.29 is 24.2 Å². The van der Waals surface area contributed by atoms with Gasteiger partial charge in [0.15, 0.2) is 5.76 Å². The molecule has 7 nitrogen and oxygen atoms in total. The van der Waals surface area contributed by atoms with Gasteiger partial charge in [0.1, 0.15) is 5.76 Å². The number of nitrogens with one attached hydrogen (secondary N) is 2. The third kappa shape index (κ3) is 4.98. The molecule has 1 aromatic carbocycles. The average Bonchev–Trinajstić information content (AvgIpc) is 3.15. The Hall–Kier alpha value is -2.35. The molecule has 2 aromatic rings. The maximum Gasteiger partial charge on any atom is 0.286 e. The van der Waals surface area contributed by atoms with Crippen LogP contribution in [0.2, 0.25) is 5.02 Å². The van der Waals surface area contributed by atoms with E-state index in [1.807, 2.05) is 0 Å². The second-order valence-corrected chi connectivity index (χ2v) is 7.67. The Labute approximate surface area is 174 Å². The number of benzene rings is 1. The molecule has 1 unspecified atom stereocenters. The van der Waals surface area contributed by atoms with Crippen LogP contribution in [0.3, 0.4) is 0 Å². The van der Waals surface area contributed by atoms with Gasteiger partial charge in [-0.1, -0.05) is 23.7 Å². The van der Waals surface area contributed by atoms with Crippen LogP contribution in [0.1, 0.15) is 63.8 Å². The zero-order valence-electron chi connectivity index (χ0n) is 16.2. The van der Waals surface area contributed by atoms with Crippen molar-refractivity contribution in [3.8, 4) is 0 Å². The summed E-state index contributed by atoms with van der Waals surface area (Å²) in [6.07, 6.45) is 2.30. The molecular formula is C21H25ClN2O5. The standard InChI is InChI=1S/C21H25ClN2O5/c1-23-21(28)18-10-16(20(27)24-14-5-7-15(26)8-6-14)19(29-18)17(11-25)12-3-2-4-13(22)9-12/h2-4,9-10,14-15,17,25-26H,5-8,11H2,1H3,(H,23,28)(H,24,27)/t14-,15-,17?. The van der Waals surface area contributed by atoms with Crippen LogP contribution >= 0.6 is 11.6 Å². The highest BCUT2D eigenvalue weighted by Gasteiger charge is 2.29. The first-order valence-corrected chi connectivity index (χ1v) is 10.0. The predicted octanol–water partition coefficient (Wildman–Crippen LogP) is 2.45. The topological polar surface area (TPSA) is 112 Å². The number of hydrogen-bond acceptors (Lipinski definition) is 5. The van der Waals surface area contributed by atoms with Crippen molar-refractivity contribution in [3.05, 3.63) is 58.0 Å². The summed E-state index contributed by atoms with van der Waals surface area (Å²) in [7, 11) is 1.47. The Morgan fingerprint density at radius 3 is 2.55 bits per heavy atom. The molecule has 1 saturated carbocycles. The molecule has 1 fully saturated rings. The zero-order valence-corrected chi connectivity index (χ0v) is 16.9. The Balaban J connectivity index is 1.93. The van der Waals surface area contributed by atoms with Crippen molar-refractivity contribution in [1.29, 1.82) is 0 Å². The zero-order chi connectivity index (χ0) is 21.0. The summed E-state index contributed by atoms with van der Waals surface area (Å²) < 4.78 is 5.73. The van der Waals surface area contributed by atoms with Crippen LogP contribution in [0.5, 0.6) is 0 Å². The number of halogens is 1. The molecule has 0 saturated heterocycles. The Morgan fingerprint density at radius 1 is 1.21 bits per heavy atom. The summed E-state index contributed by atoms with van der Waals surface area (Å²) in [5, 5.41) is 25.6. The van der Waals surface area contributed by atoms with Gasteiger partial charge in [-0.05, 0) is 43.4 Å². The van der Waals surface area contributed by atoms with Crippen molar-refractivity contribution in [2.45, 2.75) is 43.7 Å². The number of aliphatic hydroxyl groups is 2. The molecule has 1 aliphatic carbocycles. The van der Waals surface area contributed by atoms with Gasteiger partial charge < -0.3 is 25.3 Å². The van der Waals surface area contributed by atoms with Crippen molar-refractivity contribution in [3.63, 3.8) is 0 Å². The molecule has 1 aromatic heterocycles. The van der Waals surface area contributed by atoms with Gasteiger partial charge in [-0.15, -0.1) is 0 Å². The minimum absolute atomic E-state index is 0.00723. The largest absolute Gasteiger partial charge is 0.454 e. The first-order chi connectivity index (χ1) is 13.9. The van der Waals surface area contributed by atoms with E-state index in [1.165, 1.54) is 13.1 Å². The summed E-state index contributed by atoms with van der Waals surface area (Å²) in [6.45, 7) is -0.322. The van der Waals surface area contributed by atoms with Gasteiger partial charge in [-0.25, -0.2) is 0 Å². The lowest BCUT2D eigenvalue weighted by atomic mass is 9.92. The van der Waals surface area contributed by atoms with E-state index in [1.54, 1.807) is 24.3 Å². The Morgan fingerprint density at radius 2 is 1.93 bits per heavy atom. The first-order valence-electron chi connectivity index (χ1n) is 9.64. The van der Waals surface area contributed by atoms with E-state index >= 15 is 0 Å². The second kappa shape index (κ2) is 9.43. The van der Waals surface area contributed by atoms with Crippen molar-refractivity contribution in [2.75, 3.05) is 13.7 Å². The molecule has 0 aliphatic heterocycles. The van der Waals surface area contributed by atoms with E-state index in [2.05, 4.69) is 10.6 Å². The highest BCUT2D eigenvalue weighted by Crippen LogP contribution is 2.31. The molecule has 156 valence electrons. The first kappa shape index (κ1) is 21.4. The lowest BCUT2D eigenvalue weighted by Gasteiger charge is -2.26. The van der Waals surface area contributed by atoms with Gasteiger partial charge in [0.05, 0.1) is 24.2 Å². The van der Waals surface area contributed by atoms with E-state index < -0.39 is 11.8 Å². The molecule has 1 aliphatic rings. The maximum absolute atomic E-state index is 13.0. The van der Waals surface area contributed by atoms with Crippen molar-refractivity contribution in [2.24, 2.45) is 0 Å². The molecular weight excluding hydrogens is 396 g/mol. The van der Waals surface area contributed by atoms with E-state index in [9.17, 15) is 19.8 Å². The minimum atomic E-state index is -0.652. The van der Waals surface area contributed by atoms with Crippen LogP contribution in [0.4, 0.5) is 0 Å². The number of aliphatic hydroxyl groups excluding tert-OH is 2. The van der Waals surface area contributed by atoms with Crippen molar-refractivity contribution in [1.82, 2.24) is 10.6 Å². The average molecular weight is 421 g/mol. The molecule has 0 bridgehead atoms. The molecule has 29 heavy (non-hydrogen) atoms. The van der Waals surface area contributed by atoms with E-state index in [-0.39, 0.29) is 41.7 Å². The van der Waals surface area contributed by atoms with Crippen LogP contribution in [0.15, 0.2) is 34.7 Å². The SMILES string of the molecule is CNC(=O)c1cc(C(=O)N[C@H]2CC[C@H](O)CC2)c(C(CO)c2cccc(Cl)c2)o1. The Bertz CT molecular complexity index is 874. The summed E-state index contributed by atoms with van der Waals surface area (Å²) in [6, 6.07) is 8.26. The molecule has 4 N–H and O–H groups in total. The number of rotatable bonds is 6. The fourth-order valence-corrected chi connectivity index (χ4v) is 3.82. The highest BCUT2D eigenvalue weighted by atomic mass is 35.5. The van der Waals surface area contributed by atoms with E-state index in [0.29, 0.717) is 36.3 Å². The highest BCUT2D eigenvalue weighted by molar-refractivity contribution is 6.30. The van der Waals surface area contributed by atoms with Gasteiger partial charge in [-0.3, -0.25) is 9.59 Å². The van der Waals surface area contributed by atoms with Gasteiger partial charge in [-0.2, -0.15) is 0 Å². The smallest absolute Gasteiger partial charge is 0.286 e. The number of carbonyl (C=O) groups excluding carboxylic acids is 2. The molecule has 2 amide bonds. The van der Waals surface area contributed by atoms with Crippen LogP contribution in [0, 0.1) is 0 Å². The summed E-state index contributed by atoms with van der Waals surface area (Å²) >= 11 is 6.08. The third-order valence-electron chi connectivity index (χ3n) is 5.24. The second-order valence-electron chi connectivity index (χ2n) is 7.24. The Kier molecular flexibility index (Phi) is 6.95. The van der Waals surface area contributed by atoms with Crippen molar-refractivity contribution >= 4 is 23.4 Å². The van der Waals surface area contributed by atoms with Gasteiger partial charge in [0, 0.05) is 24.2 Å². The number of hydrogen-bond donors (Lipinski definition) is 4. The number of furan rings is 1. The molecule has 0 spiro atoms. The number of amides is 2. The minimum Gasteiger partial charge on any atom is -0.454 e. The van der Waals surface area contributed by atoms with Crippen LogP contribution < -0.4 is 10.6 Å². The van der Waals surface area contributed by atoms with Crippen LogP contribution in [0.25, 0.3) is 0 Å². The maximum atomic E-state index is 13.0. The van der Waals surface area contributed by atoms with Gasteiger partial charge >= 0.3 is 0 Å². The predicted molar refractivity (Wildman–Crippen MR) is 108 cm³/mol. The summed E-state index contributed by atoms with van der Waals surface area (Å²) in [4.78, 5) is 25.1. The van der Waals surface area contributed by atoms with Crippen LogP contribution in [-0.4, -0.2) is 47.8 Å².